The molecule has 5 heteroatoms. The zero-order chi connectivity index (χ0) is 10.7. The largest absolute Gasteiger partial charge is 0.481 e. The fourth-order valence-electron chi connectivity index (χ4n) is 1.48. The third-order valence-electron chi connectivity index (χ3n) is 2.43. The van der Waals surface area contributed by atoms with E-state index >= 15 is 0 Å². The Labute approximate surface area is 82.6 Å². The minimum Gasteiger partial charge on any atom is -0.481 e. The minimum absolute atomic E-state index is 0.0610. The average molecular weight is 201 g/mol. The van der Waals surface area contributed by atoms with Crippen LogP contribution in [0.25, 0.3) is 0 Å². The van der Waals surface area contributed by atoms with Crippen LogP contribution >= 0.6 is 0 Å². The molecule has 0 spiro atoms. The van der Waals surface area contributed by atoms with Gasteiger partial charge in [-0.25, -0.2) is 0 Å². The van der Waals surface area contributed by atoms with Gasteiger partial charge in [0.1, 0.15) is 6.10 Å². The molecule has 0 bridgehead atoms. The number of hydrogen-bond donors (Lipinski definition) is 1. The maximum atomic E-state index is 11.4. The molecule has 14 heavy (non-hydrogen) atoms. The number of carboxylic acid groups (broad SMARTS) is 1. The van der Waals surface area contributed by atoms with Crippen LogP contribution in [0, 0.1) is 5.92 Å². The van der Waals surface area contributed by atoms with Gasteiger partial charge >= 0.3 is 5.97 Å². The first kappa shape index (κ1) is 11.0. The van der Waals surface area contributed by atoms with E-state index in [0.717, 1.165) is 0 Å². The Morgan fingerprint density at radius 3 is 2.57 bits per heavy atom. The van der Waals surface area contributed by atoms with E-state index in [9.17, 15) is 9.59 Å². The molecular formula is C9H15NO4. The average Bonchev–Trinajstić information content (AvgIpc) is 2.07. The standard InChI is InChI=1S/C9H15NO4/c1-6(14-2)9(13)10-4-7(5-10)3-8(11)12/h6-7H,3-5H2,1-2H3,(H,11,12). The highest BCUT2D eigenvalue weighted by Crippen LogP contribution is 2.20. The van der Waals surface area contributed by atoms with Crippen molar-refractivity contribution in [1.29, 1.82) is 0 Å². The number of ether oxygens (including phenoxy) is 1. The van der Waals surface area contributed by atoms with E-state index in [1.165, 1.54) is 7.11 Å². The third-order valence-corrected chi connectivity index (χ3v) is 2.43. The summed E-state index contributed by atoms with van der Waals surface area (Å²) in [5.41, 5.74) is 0. The van der Waals surface area contributed by atoms with E-state index in [2.05, 4.69) is 0 Å². The molecule has 1 aliphatic heterocycles. The first-order valence-corrected chi connectivity index (χ1v) is 4.58. The van der Waals surface area contributed by atoms with Gasteiger partial charge in [0.05, 0.1) is 6.42 Å². The molecule has 0 aromatic rings. The van der Waals surface area contributed by atoms with Crippen molar-refractivity contribution in [3.8, 4) is 0 Å². The monoisotopic (exact) mass is 201 g/mol. The van der Waals surface area contributed by atoms with Gasteiger partial charge in [0.25, 0.3) is 5.91 Å². The molecule has 5 nitrogen and oxygen atoms in total. The Kier molecular flexibility index (Phi) is 3.46. The summed E-state index contributed by atoms with van der Waals surface area (Å²) in [6.45, 7) is 2.77. The molecule has 1 atom stereocenters. The van der Waals surface area contributed by atoms with Gasteiger partial charge in [-0.05, 0) is 6.92 Å². The van der Waals surface area contributed by atoms with E-state index in [4.69, 9.17) is 9.84 Å². The maximum absolute atomic E-state index is 11.4. The Morgan fingerprint density at radius 2 is 2.14 bits per heavy atom. The summed E-state index contributed by atoms with van der Waals surface area (Å²) in [5.74, 6) is -0.753. The number of hydrogen-bond acceptors (Lipinski definition) is 3. The molecule has 0 saturated carbocycles. The van der Waals surface area contributed by atoms with E-state index in [1.807, 2.05) is 0 Å². The van der Waals surface area contributed by atoms with Crippen LogP contribution in [-0.4, -0.2) is 48.2 Å². The van der Waals surface area contributed by atoms with Gasteiger partial charge in [-0.1, -0.05) is 0 Å². The van der Waals surface area contributed by atoms with E-state index < -0.39 is 12.1 Å². The quantitative estimate of drug-likeness (QED) is 0.692. The lowest BCUT2D eigenvalue weighted by Gasteiger charge is -2.39. The minimum atomic E-state index is -0.804. The lowest BCUT2D eigenvalue weighted by Crippen LogP contribution is -2.53. The van der Waals surface area contributed by atoms with Crippen LogP contribution in [0.1, 0.15) is 13.3 Å². The molecule has 1 fully saturated rings. The summed E-state index contributed by atoms with van der Waals surface area (Å²) in [5, 5.41) is 8.50. The maximum Gasteiger partial charge on any atom is 0.303 e. The van der Waals surface area contributed by atoms with Gasteiger partial charge in [-0.3, -0.25) is 9.59 Å². The fraction of sp³-hybridized carbons (Fsp3) is 0.778. The predicted molar refractivity (Wildman–Crippen MR) is 48.8 cm³/mol. The molecule has 1 amide bonds. The second-order valence-electron chi connectivity index (χ2n) is 3.59. The number of likely N-dealkylation sites (tertiary alicyclic amines) is 1. The zero-order valence-electron chi connectivity index (χ0n) is 8.40. The van der Waals surface area contributed by atoms with Crippen molar-refractivity contribution in [2.75, 3.05) is 20.2 Å². The van der Waals surface area contributed by atoms with Crippen molar-refractivity contribution in [2.45, 2.75) is 19.4 Å². The summed E-state index contributed by atoms with van der Waals surface area (Å²) >= 11 is 0. The molecule has 1 aliphatic rings. The van der Waals surface area contributed by atoms with Gasteiger partial charge in [-0.15, -0.1) is 0 Å². The number of methoxy groups -OCH3 is 1. The molecule has 0 radical (unpaired) electrons. The number of nitrogens with zero attached hydrogens (tertiary/aromatic N) is 1. The van der Waals surface area contributed by atoms with Crippen molar-refractivity contribution in [2.24, 2.45) is 5.92 Å². The fourth-order valence-corrected chi connectivity index (χ4v) is 1.48. The number of aliphatic carboxylic acids is 1. The lowest BCUT2D eigenvalue weighted by atomic mass is 9.96. The molecule has 0 aromatic heterocycles. The molecule has 1 N–H and O–H groups in total. The Balaban J connectivity index is 2.27. The second kappa shape index (κ2) is 4.41. The van der Waals surface area contributed by atoms with E-state index in [-0.39, 0.29) is 18.2 Å². The van der Waals surface area contributed by atoms with Crippen LogP contribution in [-0.2, 0) is 14.3 Å². The van der Waals surface area contributed by atoms with Gasteiger partial charge in [-0.2, -0.15) is 0 Å². The van der Waals surface area contributed by atoms with Crippen molar-refractivity contribution < 1.29 is 19.4 Å². The number of carboxylic acids is 1. The Morgan fingerprint density at radius 1 is 1.57 bits per heavy atom. The molecule has 0 aliphatic carbocycles. The van der Waals surface area contributed by atoms with Crippen LogP contribution in [0.15, 0.2) is 0 Å². The summed E-state index contributed by atoms with van der Waals surface area (Å²) in [6.07, 6.45) is -0.286. The number of carbonyl (C=O) groups is 2. The second-order valence-corrected chi connectivity index (χ2v) is 3.59. The SMILES string of the molecule is COC(C)C(=O)N1CC(CC(=O)O)C1. The van der Waals surface area contributed by atoms with Crippen LogP contribution in [0.2, 0.25) is 0 Å². The molecule has 1 unspecified atom stereocenters. The first-order chi connectivity index (χ1) is 6.54. The van der Waals surface area contributed by atoms with Crippen LogP contribution in [0.3, 0.4) is 0 Å². The topological polar surface area (TPSA) is 66.8 Å². The highest BCUT2D eigenvalue weighted by molar-refractivity contribution is 5.81. The molecule has 80 valence electrons. The molecule has 1 rings (SSSR count). The van der Waals surface area contributed by atoms with Crippen LogP contribution in [0.4, 0.5) is 0 Å². The summed E-state index contributed by atoms with van der Waals surface area (Å²) in [7, 11) is 1.48. The smallest absolute Gasteiger partial charge is 0.303 e. The van der Waals surface area contributed by atoms with Gasteiger partial charge in [0.2, 0.25) is 0 Å². The summed E-state index contributed by atoms with van der Waals surface area (Å²) in [6, 6.07) is 0. The highest BCUT2D eigenvalue weighted by atomic mass is 16.5. The van der Waals surface area contributed by atoms with E-state index in [1.54, 1.807) is 11.8 Å². The van der Waals surface area contributed by atoms with E-state index in [0.29, 0.717) is 13.1 Å². The Bertz CT molecular complexity index is 235. The summed E-state index contributed by atoms with van der Waals surface area (Å²) < 4.78 is 4.88. The van der Waals surface area contributed by atoms with Crippen molar-refractivity contribution in [3.05, 3.63) is 0 Å². The van der Waals surface area contributed by atoms with Crippen molar-refractivity contribution >= 4 is 11.9 Å². The zero-order valence-corrected chi connectivity index (χ0v) is 8.40. The Hall–Kier alpha value is -1.10. The van der Waals surface area contributed by atoms with Gasteiger partial charge < -0.3 is 14.7 Å². The number of carbonyl (C=O) groups excluding carboxylic acids is 1. The third kappa shape index (κ3) is 2.45. The van der Waals surface area contributed by atoms with Crippen molar-refractivity contribution in [1.82, 2.24) is 4.90 Å². The normalized spacial score (nSPS) is 18.9. The van der Waals surface area contributed by atoms with Gasteiger partial charge in [0.15, 0.2) is 0 Å². The molecule has 1 heterocycles. The number of amides is 1. The highest BCUT2D eigenvalue weighted by Gasteiger charge is 2.33. The predicted octanol–water partition coefficient (Wildman–Crippen LogP) is -0.0456. The van der Waals surface area contributed by atoms with Crippen LogP contribution in [0.5, 0.6) is 0 Å². The molecule has 0 aromatic carbocycles. The number of rotatable bonds is 4. The lowest BCUT2D eigenvalue weighted by molar-refractivity contribution is -0.151. The van der Waals surface area contributed by atoms with Gasteiger partial charge in [0, 0.05) is 26.1 Å². The first-order valence-electron chi connectivity index (χ1n) is 4.58. The molecule has 1 saturated heterocycles. The van der Waals surface area contributed by atoms with Crippen molar-refractivity contribution in [3.63, 3.8) is 0 Å². The van der Waals surface area contributed by atoms with Crippen LogP contribution < -0.4 is 0 Å². The molecular weight excluding hydrogens is 186 g/mol. The summed E-state index contributed by atoms with van der Waals surface area (Å²) in [4.78, 5) is 23.4.